The standard InChI is InChI=1S/C19H25Cl2NO2/c1-12(24-16-6-5-13(20)7-15(16)21)17(23)22-11-19(4)9-14(22)8-18(2,3)10-19/h5-7,12,14H,8-11H2,1-4H3. The Morgan fingerprint density at radius 2 is 2.00 bits per heavy atom. The maximum absolute atomic E-state index is 13.0. The van der Waals surface area contributed by atoms with E-state index in [1.165, 1.54) is 6.42 Å². The second-order valence-electron chi connectivity index (χ2n) is 8.51. The van der Waals surface area contributed by atoms with E-state index in [4.69, 9.17) is 27.9 Å². The lowest BCUT2D eigenvalue weighted by molar-refractivity contribution is -0.139. The van der Waals surface area contributed by atoms with E-state index in [9.17, 15) is 4.79 Å². The molecule has 132 valence electrons. The molecule has 1 aromatic rings. The molecule has 0 radical (unpaired) electrons. The summed E-state index contributed by atoms with van der Waals surface area (Å²) in [4.78, 5) is 15.0. The second-order valence-corrected chi connectivity index (χ2v) is 9.36. The first kappa shape index (κ1) is 17.9. The topological polar surface area (TPSA) is 29.5 Å². The van der Waals surface area contributed by atoms with Gasteiger partial charge in [-0.1, -0.05) is 44.0 Å². The van der Waals surface area contributed by atoms with E-state index < -0.39 is 6.10 Å². The number of nitrogens with zero attached hydrogens (tertiary/aromatic N) is 1. The van der Waals surface area contributed by atoms with E-state index in [-0.39, 0.29) is 16.7 Å². The lowest BCUT2D eigenvalue weighted by atomic mass is 9.65. The van der Waals surface area contributed by atoms with Gasteiger partial charge in [-0.05, 0) is 55.2 Å². The van der Waals surface area contributed by atoms with Crippen molar-refractivity contribution in [3.8, 4) is 5.75 Å². The van der Waals surface area contributed by atoms with Crippen LogP contribution in [0.3, 0.4) is 0 Å². The summed E-state index contributed by atoms with van der Waals surface area (Å²) in [6.45, 7) is 9.53. The molecule has 5 heteroatoms. The SMILES string of the molecule is CC(Oc1ccc(Cl)cc1Cl)C(=O)N1CC2(C)CC1CC(C)(C)C2. The van der Waals surface area contributed by atoms with Crippen molar-refractivity contribution in [1.29, 1.82) is 0 Å². The number of benzene rings is 1. The summed E-state index contributed by atoms with van der Waals surface area (Å²) in [5, 5.41) is 0.977. The molecule has 3 rings (SSSR count). The fourth-order valence-electron chi connectivity index (χ4n) is 4.76. The molecule has 1 saturated carbocycles. The zero-order chi connectivity index (χ0) is 17.7. The molecule has 3 atom stereocenters. The molecule has 1 aliphatic heterocycles. The number of hydrogen-bond donors (Lipinski definition) is 0. The van der Waals surface area contributed by atoms with Crippen LogP contribution in [-0.4, -0.2) is 29.5 Å². The van der Waals surface area contributed by atoms with Crippen LogP contribution in [0, 0.1) is 10.8 Å². The number of carbonyl (C=O) groups is 1. The third-order valence-electron chi connectivity index (χ3n) is 5.24. The summed E-state index contributed by atoms with van der Waals surface area (Å²) < 4.78 is 5.83. The highest BCUT2D eigenvalue weighted by Gasteiger charge is 2.51. The maximum Gasteiger partial charge on any atom is 0.263 e. The molecule has 1 heterocycles. The minimum atomic E-state index is -0.560. The number of carbonyl (C=O) groups excluding carboxylic acids is 1. The number of amides is 1. The van der Waals surface area contributed by atoms with Gasteiger partial charge in [-0.2, -0.15) is 0 Å². The van der Waals surface area contributed by atoms with Gasteiger partial charge >= 0.3 is 0 Å². The zero-order valence-corrected chi connectivity index (χ0v) is 16.2. The molecule has 2 aliphatic rings. The van der Waals surface area contributed by atoms with Gasteiger partial charge in [-0.15, -0.1) is 0 Å². The minimum absolute atomic E-state index is 0.0486. The van der Waals surface area contributed by atoms with Crippen molar-refractivity contribution < 1.29 is 9.53 Å². The van der Waals surface area contributed by atoms with E-state index in [1.54, 1.807) is 25.1 Å². The van der Waals surface area contributed by atoms with Gasteiger partial charge in [0, 0.05) is 17.6 Å². The largest absolute Gasteiger partial charge is 0.479 e. The van der Waals surface area contributed by atoms with Crippen LogP contribution in [0.2, 0.25) is 10.0 Å². The molecule has 1 aliphatic carbocycles. The van der Waals surface area contributed by atoms with Crippen LogP contribution >= 0.6 is 23.2 Å². The number of rotatable bonds is 3. The average Bonchev–Trinajstić information content (AvgIpc) is 2.70. The third-order valence-corrected chi connectivity index (χ3v) is 5.77. The van der Waals surface area contributed by atoms with Crippen LogP contribution in [0.15, 0.2) is 18.2 Å². The summed E-state index contributed by atoms with van der Waals surface area (Å²) in [6.07, 6.45) is 2.76. The monoisotopic (exact) mass is 369 g/mol. The smallest absolute Gasteiger partial charge is 0.263 e. The quantitative estimate of drug-likeness (QED) is 0.733. The Bertz CT molecular complexity index is 661. The van der Waals surface area contributed by atoms with Crippen LogP contribution in [0.25, 0.3) is 0 Å². The van der Waals surface area contributed by atoms with Gasteiger partial charge in [0.1, 0.15) is 5.75 Å². The molecule has 1 aromatic carbocycles. The van der Waals surface area contributed by atoms with Crippen molar-refractivity contribution in [3.63, 3.8) is 0 Å². The highest BCUT2D eigenvalue weighted by Crippen LogP contribution is 2.52. The van der Waals surface area contributed by atoms with Crippen LogP contribution in [-0.2, 0) is 4.79 Å². The van der Waals surface area contributed by atoms with Gasteiger partial charge in [0.05, 0.1) is 5.02 Å². The van der Waals surface area contributed by atoms with Gasteiger partial charge in [-0.25, -0.2) is 0 Å². The van der Waals surface area contributed by atoms with E-state index in [1.807, 2.05) is 4.90 Å². The Morgan fingerprint density at radius 3 is 2.67 bits per heavy atom. The normalized spacial score (nSPS) is 29.4. The highest BCUT2D eigenvalue weighted by atomic mass is 35.5. The number of likely N-dealkylation sites (tertiary alicyclic amines) is 1. The number of halogens is 2. The first-order valence-electron chi connectivity index (χ1n) is 8.51. The van der Waals surface area contributed by atoms with Crippen LogP contribution in [0.5, 0.6) is 5.75 Å². The summed E-state index contributed by atoms with van der Waals surface area (Å²) >= 11 is 12.1. The molecular weight excluding hydrogens is 345 g/mol. The first-order valence-corrected chi connectivity index (χ1v) is 9.26. The van der Waals surface area contributed by atoms with Crippen molar-refractivity contribution in [2.75, 3.05) is 6.54 Å². The Hall–Kier alpha value is -0.930. The van der Waals surface area contributed by atoms with Crippen molar-refractivity contribution >= 4 is 29.1 Å². The molecule has 0 N–H and O–H groups in total. The fourth-order valence-corrected chi connectivity index (χ4v) is 5.22. The van der Waals surface area contributed by atoms with E-state index >= 15 is 0 Å². The van der Waals surface area contributed by atoms with Gasteiger partial charge in [0.2, 0.25) is 0 Å². The highest BCUT2D eigenvalue weighted by molar-refractivity contribution is 6.35. The fraction of sp³-hybridized carbons (Fsp3) is 0.632. The van der Waals surface area contributed by atoms with Crippen LogP contribution < -0.4 is 4.74 Å². The lowest BCUT2D eigenvalue weighted by Crippen LogP contribution is -2.44. The summed E-state index contributed by atoms with van der Waals surface area (Å²) in [5.41, 5.74) is 0.510. The number of hydrogen-bond acceptors (Lipinski definition) is 2. The Balaban J connectivity index is 1.72. The van der Waals surface area contributed by atoms with Crippen molar-refractivity contribution in [1.82, 2.24) is 4.90 Å². The first-order chi connectivity index (χ1) is 11.1. The molecule has 3 nitrogen and oxygen atoms in total. The second kappa shape index (κ2) is 6.10. The Labute approximate surface area is 154 Å². The number of fused-ring (bicyclic) bond motifs is 2. The predicted molar refractivity (Wildman–Crippen MR) is 97.8 cm³/mol. The lowest BCUT2D eigenvalue weighted by Gasteiger charge is -2.39. The van der Waals surface area contributed by atoms with Crippen molar-refractivity contribution in [2.24, 2.45) is 10.8 Å². The third kappa shape index (κ3) is 3.52. The Morgan fingerprint density at radius 1 is 1.29 bits per heavy atom. The molecule has 0 spiro atoms. The maximum atomic E-state index is 13.0. The van der Waals surface area contributed by atoms with E-state index in [0.717, 1.165) is 19.4 Å². The molecular formula is C19H25Cl2NO2. The predicted octanol–water partition coefficient (Wildman–Crippen LogP) is 5.19. The number of ether oxygens (including phenoxy) is 1. The molecule has 1 amide bonds. The minimum Gasteiger partial charge on any atom is -0.479 e. The van der Waals surface area contributed by atoms with Gasteiger partial charge in [0.25, 0.3) is 5.91 Å². The molecule has 3 unspecified atom stereocenters. The molecule has 2 bridgehead atoms. The molecule has 1 saturated heterocycles. The van der Waals surface area contributed by atoms with Gasteiger partial charge < -0.3 is 9.64 Å². The molecule has 0 aromatic heterocycles. The Kier molecular flexibility index (Phi) is 4.55. The molecule has 2 fully saturated rings. The summed E-state index contributed by atoms with van der Waals surface area (Å²) in [6, 6.07) is 5.37. The van der Waals surface area contributed by atoms with Crippen LogP contribution in [0.4, 0.5) is 0 Å². The van der Waals surface area contributed by atoms with Gasteiger partial charge in [0.15, 0.2) is 6.10 Å². The summed E-state index contributed by atoms with van der Waals surface area (Å²) in [7, 11) is 0. The van der Waals surface area contributed by atoms with E-state index in [2.05, 4.69) is 20.8 Å². The molecule has 24 heavy (non-hydrogen) atoms. The zero-order valence-electron chi connectivity index (χ0n) is 14.7. The van der Waals surface area contributed by atoms with Crippen LogP contribution in [0.1, 0.15) is 47.0 Å². The van der Waals surface area contributed by atoms with Crippen molar-refractivity contribution in [3.05, 3.63) is 28.2 Å². The van der Waals surface area contributed by atoms with E-state index in [0.29, 0.717) is 21.8 Å². The summed E-state index contributed by atoms with van der Waals surface area (Å²) in [5.74, 6) is 0.545. The van der Waals surface area contributed by atoms with Crippen molar-refractivity contribution in [2.45, 2.75) is 59.1 Å². The van der Waals surface area contributed by atoms with Gasteiger partial charge in [-0.3, -0.25) is 4.79 Å². The average molecular weight is 370 g/mol.